The number of guanidine groups is 1. The Kier molecular flexibility index (Phi) is 6.01. The van der Waals surface area contributed by atoms with E-state index in [-0.39, 0.29) is 0 Å². The summed E-state index contributed by atoms with van der Waals surface area (Å²) >= 11 is 1.75. The quantitative estimate of drug-likeness (QED) is 0.518. The van der Waals surface area contributed by atoms with Crippen LogP contribution in [-0.2, 0) is 19.5 Å². The van der Waals surface area contributed by atoms with E-state index in [1.807, 2.05) is 6.20 Å². The molecule has 0 saturated heterocycles. The van der Waals surface area contributed by atoms with E-state index in [1.165, 1.54) is 21.2 Å². The van der Waals surface area contributed by atoms with Gasteiger partial charge in [-0.05, 0) is 35.7 Å². The zero-order chi connectivity index (χ0) is 17.5. The van der Waals surface area contributed by atoms with Crippen molar-refractivity contribution < 1.29 is 0 Å². The maximum atomic E-state index is 4.70. The molecule has 4 nitrogen and oxygen atoms in total. The van der Waals surface area contributed by atoms with Gasteiger partial charge in [-0.1, -0.05) is 43.3 Å². The Morgan fingerprint density at radius 2 is 1.92 bits per heavy atom. The average molecular weight is 353 g/mol. The number of fused-ring (bicyclic) bond motifs is 1. The lowest BCUT2D eigenvalue weighted by atomic mass is 10.1. The van der Waals surface area contributed by atoms with Gasteiger partial charge in [-0.2, -0.15) is 0 Å². The molecular weight excluding hydrogens is 328 g/mol. The summed E-state index contributed by atoms with van der Waals surface area (Å²) in [4.78, 5) is 10.5. The summed E-state index contributed by atoms with van der Waals surface area (Å²) in [6.07, 6.45) is 2.99. The van der Waals surface area contributed by atoms with Crippen molar-refractivity contribution in [2.75, 3.05) is 6.54 Å². The lowest BCUT2D eigenvalue weighted by Crippen LogP contribution is -2.36. The topological polar surface area (TPSA) is 49.3 Å². The summed E-state index contributed by atoms with van der Waals surface area (Å²) in [6, 6.07) is 14.9. The Hall–Kier alpha value is -2.40. The number of hydrogen-bond acceptors (Lipinski definition) is 3. The number of benzene rings is 2. The first-order valence-electron chi connectivity index (χ1n) is 8.72. The van der Waals surface area contributed by atoms with Crippen LogP contribution in [0.4, 0.5) is 0 Å². The Bertz CT molecular complexity index is 854. The van der Waals surface area contributed by atoms with Crippen molar-refractivity contribution in [2.24, 2.45) is 4.99 Å². The monoisotopic (exact) mass is 352 g/mol. The van der Waals surface area contributed by atoms with Crippen LogP contribution in [0.3, 0.4) is 0 Å². The van der Waals surface area contributed by atoms with Gasteiger partial charge in [0.1, 0.15) is 5.01 Å². The largest absolute Gasteiger partial charge is 0.357 e. The van der Waals surface area contributed by atoms with Gasteiger partial charge >= 0.3 is 0 Å². The minimum atomic E-state index is 0.651. The SMILES string of the molecule is CCNC(=NCc1ccc2ccccc2c1)NCc1ncc(CC)s1. The second-order valence-electron chi connectivity index (χ2n) is 5.80. The van der Waals surface area contributed by atoms with E-state index in [2.05, 4.69) is 71.9 Å². The van der Waals surface area contributed by atoms with Gasteiger partial charge in [-0.3, -0.25) is 0 Å². The molecule has 0 unspecified atom stereocenters. The number of thiazole rings is 1. The Morgan fingerprint density at radius 3 is 2.68 bits per heavy atom. The van der Waals surface area contributed by atoms with E-state index in [9.17, 15) is 0 Å². The third-order valence-corrected chi connectivity index (χ3v) is 5.08. The molecule has 0 atom stereocenters. The van der Waals surface area contributed by atoms with Gasteiger partial charge in [0.25, 0.3) is 0 Å². The van der Waals surface area contributed by atoms with Crippen LogP contribution in [0.15, 0.2) is 53.7 Å². The molecule has 25 heavy (non-hydrogen) atoms. The molecule has 0 bridgehead atoms. The highest BCUT2D eigenvalue weighted by molar-refractivity contribution is 7.11. The maximum absolute atomic E-state index is 4.70. The third-order valence-electron chi connectivity index (χ3n) is 3.93. The number of nitrogens with one attached hydrogen (secondary N) is 2. The third kappa shape index (κ3) is 4.79. The predicted octanol–water partition coefficient (Wildman–Crippen LogP) is 4.11. The first-order valence-corrected chi connectivity index (χ1v) is 9.53. The van der Waals surface area contributed by atoms with Crippen molar-refractivity contribution in [3.63, 3.8) is 0 Å². The molecule has 2 N–H and O–H groups in total. The molecule has 3 rings (SSSR count). The molecule has 0 aliphatic carbocycles. The molecule has 0 radical (unpaired) electrons. The molecule has 130 valence electrons. The summed E-state index contributed by atoms with van der Waals surface area (Å²) in [5, 5.41) is 10.3. The molecule has 0 saturated carbocycles. The molecule has 0 fully saturated rings. The highest BCUT2D eigenvalue weighted by atomic mass is 32.1. The second-order valence-corrected chi connectivity index (χ2v) is 7.00. The van der Waals surface area contributed by atoms with Crippen LogP contribution in [0, 0.1) is 0 Å². The zero-order valence-electron chi connectivity index (χ0n) is 14.7. The van der Waals surface area contributed by atoms with Gasteiger partial charge < -0.3 is 10.6 Å². The van der Waals surface area contributed by atoms with Gasteiger partial charge in [-0.15, -0.1) is 11.3 Å². The minimum absolute atomic E-state index is 0.651. The average Bonchev–Trinajstić information content (AvgIpc) is 3.12. The number of nitrogens with zero attached hydrogens (tertiary/aromatic N) is 2. The van der Waals surface area contributed by atoms with Crippen molar-refractivity contribution in [1.29, 1.82) is 0 Å². The Balaban J connectivity index is 1.65. The highest BCUT2D eigenvalue weighted by Crippen LogP contribution is 2.16. The van der Waals surface area contributed by atoms with Gasteiger partial charge in [-0.25, -0.2) is 9.98 Å². The normalized spacial score (nSPS) is 11.7. The first kappa shape index (κ1) is 17.4. The van der Waals surface area contributed by atoms with Crippen LogP contribution >= 0.6 is 11.3 Å². The number of aryl methyl sites for hydroxylation is 1. The van der Waals surface area contributed by atoms with Crippen LogP contribution in [0.5, 0.6) is 0 Å². The van der Waals surface area contributed by atoms with Crippen molar-refractivity contribution in [3.05, 3.63) is 64.1 Å². The number of aromatic nitrogens is 1. The first-order chi connectivity index (χ1) is 12.3. The second kappa shape index (κ2) is 8.62. The van der Waals surface area contributed by atoms with Gasteiger partial charge in [0.2, 0.25) is 0 Å². The molecule has 0 amide bonds. The van der Waals surface area contributed by atoms with Crippen LogP contribution in [0.1, 0.15) is 29.3 Å². The number of rotatable bonds is 6. The van der Waals surface area contributed by atoms with Crippen LogP contribution in [0.25, 0.3) is 10.8 Å². The fraction of sp³-hybridized carbons (Fsp3) is 0.300. The molecule has 0 spiro atoms. The lowest BCUT2D eigenvalue weighted by Gasteiger charge is -2.10. The number of hydrogen-bond donors (Lipinski definition) is 2. The lowest BCUT2D eigenvalue weighted by molar-refractivity contribution is 0.811. The van der Waals surface area contributed by atoms with Crippen LogP contribution in [-0.4, -0.2) is 17.5 Å². The summed E-state index contributed by atoms with van der Waals surface area (Å²) in [7, 11) is 0. The van der Waals surface area contributed by atoms with E-state index < -0.39 is 0 Å². The van der Waals surface area contributed by atoms with E-state index >= 15 is 0 Å². The summed E-state index contributed by atoms with van der Waals surface area (Å²) in [5.74, 6) is 0.823. The molecule has 0 aliphatic heterocycles. The maximum Gasteiger partial charge on any atom is 0.191 e. The number of aliphatic imine (C=N–C) groups is 1. The molecule has 1 heterocycles. The fourth-order valence-electron chi connectivity index (χ4n) is 2.60. The molecule has 3 aromatic rings. The van der Waals surface area contributed by atoms with E-state index in [1.54, 1.807) is 11.3 Å². The summed E-state index contributed by atoms with van der Waals surface area (Å²) in [5.41, 5.74) is 1.21. The van der Waals surface area contributed by atoms with Crippen molar-refractivity contribution >= 4 is 28.1 Å². The Labute approximate surface area is 153 Å². The van der Waals surface area contributed by atoms with Crippen molar-refractivity contribution in [2.45, 2.75) is 33.4 Å². The summed E-state index contributed by atoms with van der Waals surface area (Å²) < 4.78 is 0. The van der Waals surface area contributed by atoms with Gasteiger partial charge in [0, 0.05) is 17.6 Å². The van der Waals surface area contributed by atoms with Crippen molar-refractivity contribution in [1.82, 2.24) is 15.6 Å². The fourth-order valence-corrected chi connectivity index (χ4v) is 3.40. The molecule has 2 aromatic carbocycles. The van der Waals surface area contributed by atoms with E-state index in [0.29, 0.717) is 13.1 Å². The van der Waals surface area contributed by atoms with E-state index in [4.69, 9.17) is 4.99 Å². The zero-order valence-corrected chi connectivity index (χ0v) is 15.6. The predicted molar refractivity (Wildman–Crippen MR) is 107 cm³/mol. The summed E-state index contributed by atoms with van der Waals surface area (Å²) in [6.45, 7) is 6.42. The Morgan fingerprint density at radius 1 is 1.08 bits per heavy atom. The molecule has 1 aromatic heterocycles. The van der Waals surface area contributed by atoms with Crippen molar-refractivity contribution in [3.8, 4) is 0 Å². The highest BCUT2D eigenvalue weighted by Gasteiger charge is 2.03. The van der Waals surface area contributed by atoms with Crippen LogP contribution in [0.2, 0.25) is 0 Å². The molecule has 0 aliphatic rings. The molecule has 5 heteroatoms. The minimum Gasteiger partial charge on any atom is -0.357 e. The van der Waals surface area contributed by atoms with E-state index in [0.717, 1.165) is 23.9 Å². The smallest absolute Gasteiger partial charge is 0.191 e. The van der Waals surface area contributed by atoms with Gasteiger partial charge in [0.05, 0.1) is 13.1 Å². The standard InChI is InChI=1S/C20H24N4S/c1-3-18-13-22-19(25-18)14-24-20(21-4-2)23-12-15-9-10-16-7-5-6-8-17(16)11-15/h5-11,13H,3-4,12,14H2,1-2H3,(H2,21,23,24). The van der Waals surface area contributed by atoms with Gasteiger partial charge in [0.15, 0.2) is 5.96 Å². The van der Waals surface area contributed by atoms with Crippen LogP contribution < -0.4 is 10.6 Å². The molecular formula is C20H24N4S.